The molecule has 1 heterocycles. The van der Waals surface area contributed by atoms with Crippen molar-refractivity contribution in [1.29, 1.82) is 0 Å². The van der Waals surface area contributed by atoms with Gasteiger partial charge in [-0.2, -0.15) is 0 Å². The maximum Gasteiger partial charge on any atom is 0.0551 e. The molecule has 3 atom stereocenters. The summed E-state index contributed by atoms with van der Waals surface area (Å²) in [5, 5.41) is 0. The molecule has 0 aromatic carbocycles. The van der Waals surface area contributed by atoms with Crippen LogP contribution in [0.25, 0.3) is 0 Å². The molecule has 0 aromatic rings. The van der Waals surface area contributed by atoms with Gasteiger partial charge in [0.1, 0.15) is 0 Å². The van der Waals surface area contributed by atoms with E-state index in [9.17, 15) is 0 Å². The maximum atomic E-state index is 5.53. The van der Waals surface area contributed by atoms with Gasteiger partial charge in [0.2, 0.25) is 0 Å². The predicted molar refractivity (Wildman–Crippen MR) is 57.3 cm³/mol. The van der Waals surface area contributed by atoms with E-state index in [-0.39, 0.29) is 0 Å². The fraction of sp³-hybridized carbons (Fsp3) is 0.818. The van der Waals surface area contributed by atoms with Gasteiger partial charge in [0.15, 0.2) is 0 Å². The highest BCUT2D eigenvalue weighted by Gasteiger charge is 2.28. The monoisotopic (exact) mass is 196 g/mol. The summed E-state index contributed by atoms with van der Waals surface area (Å²) < 4.78 is 5.52. The number of hydrazine groups is 1. The molecule has 80 valence electrons. The number of nitrogens with one attached hydrogen (secondary N) is 1. The third-order valence-electron chi connectivity index (χ3n) is 2.77. The summed E-state index contributed by atoms with van der Waals surface area (Å²) in [4.78, 5) is 0. The van der Waals surface area contributed by atoms with Crippen LogP contribution in [-0.4, -0.2) is 18.8 Å². The van der Waals surface area contributed by atoms with Crippen molar-refractivity contribution in [3.8, 4) is 11.8 Å². The van der Waals surface area contributed by atoms with Gasteiger partial charge < -0.3 is 4.74 Å². The fourth-order valence-electron chi connectivity index (χ4n) is 1.94. The van der Waals surface area contributed by atoms with Crippen LogP contribution in [0.3, 0.4) is 0 Å². The van der Waals surface area contributed by atoms with Gasteiger partial charge in [0.05, 0.1) is 12.7 Å². The van der Waals surface area contributed by atoms with E-state index in [1.54, 1.807) is 0 Å². The predicted octanol–water partition coefficient (Wildman–Crippen LogP) is 1.05. The first kappa shape index (κ1) is 11.5. The molecule has 1 saturated heterocycles. The highest BCUT2D eigenvalue weighted by atomic mass is 16.5. The van der Waals surface area contributed by atoms with Crippen molar-refractivity contribution in [1.82, 2.24) is 5.43 Å². The van der Waals surface area contributed by atoms with E-state index in [0.717, 1.165) is 25.9 Å². The first-order chi connectivity index (χ1) is 6.77. The van der Waals surface area contributed by atoms with E-state index in [2.05, 4.69) is 24.2 Å². The lowest BCUT2D eigenvalue weighted by Crippen LogP contribution is -2.41. The van der Waals surface area contributed by atoms with Gasteiger partial charge in [-0.25, -0.2) is 0 Å². The molecule has 1 rings (SSSR count). The lowest BCUT2D eigenvalue weighted by molar-refractivity contribution is 0.116. The Hall–Kier alpha value is -0.560. The fourth-order valence-corrected chi connectivity index (χ4v) is 1.94. The molecule has 3 N–H and O–H groups in total. The Kier molecular flexibility index (Phi) is 4.95. The lowest BCUT2D eigenvalue weighted by atomic mass is 9.94. The third kappa shape index (κ3) is 3.30. The van der Waals surface area contributed by atoms with Crippen LogP contribution in [0.1, 0.15) is 33.1 Å². The highest BCUT2D eigenvalue weighted by Crippen LogP contribution is 2.23. The Labute approximate surface area is 86.4 Å². The molecule has 0 radical (unpaired) electrons. The minimum atomic E-state index is 0.348. The number of hydrogen-bond donors (Lipinski definition) is 2. The Bertz CT molecular complexity index is 219. The van der Waals surface area contributed by atoms with E-state index < -0.39 is 0 Å². The number of rotatable bonds is 4. The Morgan fingerprint density at radius 1 is 1.64 bits per heavy atom. The zero-order valence-corrected chi connectivity index (χ0v) is 9.05. The number of hydrogen-bond acceptors (Lipinski definition) is 3. The zero-order valence-electron chi connectivity index (χ0n) is 9.05. The van der Waals surface area contributed by atoms with Crippen LogP contribution in [-0.2, 0) is 4.74 Å². The molecule has 0 bridgehead atoms. The Balaban J connectivity index is 2.32. The average molecular weight is 196 g/mol. The van der Waals surface area contributed by atoms with Crippen molar-refractivity contribution in [2.75, 3.05) is 6.61 Å². The van der Waals surface area contributed by atoms with Crippen molar-refractivity contribution < 1.29 is 4.74 Å². The summed E-state index contributed by atoms with van der Waals surface area (Å²) in [5.74, 6) is 12.0. The van der Waals surface area contributed by atoms with Crippen molar-refractivity contribution in [2.24, 2.45) is 11.8 Å². The maximum absolute atomic E-state index is 5.53. The normalized spacial score (nSPS) is 28.2. The molecule has 0 spiro atoms. The van der Waals surface area contributed by atoms with Gasteiger partial charge in [-0.1, -0.05) is 0 Å². The molecule has 1 aliphatic heterocycles. The van der Waals surface area contributed by atoms with Crippen LogP contribution < -0.4 is 11.3 Å². The van der Waals surface area contributed by atoms with Crippen LogP contribution in [0.4, 0.5) is 0 Å². The number of nitrogens with two attached hydrogens (primary N) is 1. The first-order valence-electron chi connectivity index (χ1n) is 5.25. The van der Waals surface area contributed by atoms with E-state index in [0.29, 0.717) is 18.1 Å². The van der Waals surface area contributed by atoms with Crippen LogP contribution in [0.5, 0.6) is 0 Å². The summed E-state index contributed by atoms with van der Waals surface area (Å²) in [5.41, 5.74) is 2.88. The summed E-state index contributed by atoms with van der Waals surface area (Å²) in [7, 11) is 0. The molecule has 0 aromatic heterocycles. The number of ether oxygens (including phenoxy) is 1. The summed E-state index contributed by atoms with van der Waals surface area (Å²) in [6.45, 7) is 4.81. The molecule has 0 saturated carbocycles. The SMILES string of the molecule is CC#CCCC(NN)C1COC(C)C1. The smallest absolute Gasteiger partial charge is 0.0551 e. The lowest BCUT2D eigenvalue weighted by Gasteiger charge is -2.20. The first-order valence-corrected chi connectivity index (χ1v) is 5.25. The topological polar surface area (TPSA) is 47.3 Å². The van der Waals surface area contributed by atoms with Crippen LogP contribution in [0.15, 0.2) is 0 Å². The third-order valence-corrected chi connectivity index (χ3v) is 2.77. The second-order valence-corrected chi connectivity index (χ2v) is 3.88. The second kappa shape index (κ2) is 6.02. The molecular formula is C11H20N2O. The molecule has 1 aliphatic rings. The van der Waals surface area contributed by atoms with Crippen molar-refractivity contribution in [3.63, 3.8) is 0 Å². The molecule has 3 nitrogen and oxygen atoms in total. The van der Waals surface area contributed by atoms with Gasteiger partial charge >= 0.3 is 0 Å². The van der Waals surface area contributed by atoms with Crippen molar-refractivity contribution in [3.05, 3.63) is 0 Å². The van der Waals surface area contributed by atoms with Crippen LogP contribution in [0.2, 0.25) is 0 Å². The molecule has 3 heteroatoms. The molecular weight excluding hydrogens is 176 g/mol. The Morgan fingerprint density at radius 3 is 2.93 bits per heavy atom. The average Bonchev–Trinajstić information content (AvgIpc) is 2.60. The molecule has 1 fully saturated rings. The van der Waals surface area contributed by atoms with Gasteiger partial charge in [-0.3, -0.25) is 11.3 Å². The molecule has 3 unspecified atom stereocenters. The standard InChI is InChI=1S/C11H20N2O/c1-3-4-5-6-11(13-12)10-7-9(2)14-8-10/h9-11,13H,5-8,12H2,1-2H3. The van der Waals surface area contributed by atoms with Gasteiger partial charge in [0, 0.05) is 18.4 Å². The Morgan fingerprint density at radius 2 is 2.43 bits per heavy atom. The van der Waals surface area contributed by atoms with Gasteiger partial charge in [-0.05, 0) is 26.7 Å². The summed E-state index contributed by atoms with van der Waals surface area (Å²) >= 11 is 0. The van der Waals surface area contributed by atoms with E-state index in [1.807, 2.05) is 6.92 Å². The van der Waals surface area contributed by atoms with E-state index in [1.165, 1.54) is 0 Å². The highest BCUT2D eigenvalue weighted by molar-refractivity contribution is 4.96. The largest absolute Gasteiger partial charge is 0.378 e. The van der Waals surface area contributed by atoms with Crippen molar-refractivity contribution in [2.45, 2.75) is 45.3 Å². The summed E-state index contributed by atoms with van der Waals surface area (Å²) in [6.07, 6.45) is 3.41. The molecule has 0 aliphatic carbocycles. The van der Waals surface area contributed by atoms with Gasteiger partial charge in [-0.15, -0.1) is 11.8 Å². The van der Waals surface area contributed by atoms with E-state index >= 15 is 0 Å². The van der Waals surface area contributed by atoms with E-state index in [4.69, 9.17) is 10.6 Å². The summed E-state index contributed by atoms with van der Waals surface area (Å²) in [6, 6.07) is 0.348. The second-order valence-electron chi connectivity index (χ2n) is 3.88. The zero-order chi connectivity index (χ0) is 10.4. The van der Waals surface area contributed by atoms with Crippen LogP contribution >= 0.6 is 0 Å². The minimum absolute atomic E-state index is 0.348. The van der Waals surface area contributed by atoms with Crippen LogP contribution in [0, 0.1) is 17.8 Å². The quantitative estimate of drug-likeness (QED) is 0.401. The molecule has 14 heavy (non-hydrogen) atoms. The minimum Gasteiger partial charge on any atom is -0.378 e. The molecule has 0 amide bonds. The van der Waals surface area contributed by atoms with Gasteiger partial charge in [0.25, 0.3) is 0 Å². The van der Waals surface area contributed by atoms with Crippen molar-refractivity contribution >= 4 is 0 Å².